The SMILES string of the molecule is c1ccc(-c2ccc(N(c3ccc(-c4ccccc4-c4ccccc4)cc3)c3cccc(-c4ccc(-n5c6ccccc6c6c7ccccc7c7ccccc7c65)cc4)c3)cc2)cc1. The second kappa shape index (κ2) is 15.8. The van der Waals surface area contributed by atoms with Crippen LogP contribution in [-0.2, 0) is 0 Å². The smallest absolute Gasteiger partial charge is 0.0625 e. The van der Waals surface area contributed by atoms with E-state index in [1.54, 1.807) is 0 Å². The van der Waals surface area contributed by atoms with Crippen LogP contribution in [0.2, 0.25) is 0 Å². The number of benzene rings is 11. The highest BCUT2D eigenvalue weighted by Crippen LogP contribution is 2.43. The van der Waals surface area contributed by atoms with Gasteiger partial charge in [-0.25, -0.2) is 0 Å². The zero-order valence-corrected chi connectivity index (χ0v) is 35.1. The topological polar surface area (TPSA) is 8.17 Å². The Morgan fingerprint density at radius 2 is 0.703 bits per heavy atom. The fourth-order valence-electron chi connectivity index (χ4n) is 9.80. The summed E-state index contributed by atoms with van der Waals surface area (Å²) in [5.74, 6) is 0. The highest BCUT2D eigenvalue weighted by atomic mass is 15.1. The van der Waals surface area contributed by atoms with Crippen molar-refractivity contribution in [3.63, 3.8) is 0 Å². The van der Waals surface area contributed by atoms with Gasteiger partial charge in [0.1, 0.15) is 0 Å². The van der Waals surface area contributed by atoms with E-state index in [9.17, 15) is 0 Å². The van der Waals surface area contributed by atoms with Crippen LogP contribution in [0.15, 0.2) is 255 Å². The lowest BCUT2D eigenvalue weighted by molar-refractivity contribution is 1.19. The maximum atomic E-state index is 2.46. The standard InChI is InChI=1S/C62H42N2/c1-3-16-43(17-4-1)44-30-36-49(37-31-44)63(50-40-34-47(35-41-50)54-23-8-7-22-53(54)46-18-5-2-6-19-46)52-21-15-20-48(42-52)45-32-38-51(39-33-45)64-60-29-14-13-28-59(60)61-57-26-11-9-24-55(57)56-25-10-12-27-58(56)62(61)64/h1-42H. The molecule has 0 amide bonds. The minimum absolute atomic E-state index is 1.09. The molecule has 0 saturated heterocycles. The Kier molecular flexibility index (Phi) is 9.20. The molecule has 1 heterocycles. The van der Waals surface area contributed by atoms with E-state index in [1.807, 2.05) is 0 Å². The zero-order chi connectivity index (χ0) is 42.4. The van der Waals surface area contributed by atoms with E-state index in [-0.39, 0.29) is 0 Å². The van der Waals surface area contributed by atoms with E-state index in [1.165, 1.54) is 76.7 Å². The molecule has 11 aromatic carbocycles. The summed E-state index contributed by atoms with van der Waals surface area (Å²) >= 11 is 0. The average molecular weight is 815 g/mol. The van der Waals surface area contributed by atoms with Crippen LogP contribution in [-0.4, -0.2) is 4.57 Å². The molecular formula is C62H42N2. The van der Waals surface area contributed by atoms with Gasteiger partial charge in [-0.15, -0.1) is 0 Å². The molecule has 0 radical (unpaired) electrons. The third kappa shape index (κ3) is 6.44. The van der Waals surface area contributed by atoms with Gasteiger partial charge in [0, 0.05) is 38.9 Å². The maximum absolute atomic E-state index is 2.46. The molecule has 0 bridgehead atoms. The fourth-order valence-corrected chi connectivity index (χ4v) is 9.80. The van der Waals surface area contributed by atoms with Gasteiger partial charge in [0.2, 0.25) is 0 Å². The molecular weight excluding hydrogens is 773 g/mol. The summed E-state index contributed by atoms with van der Waals surface area (Å²) in [6.45, 7) is 0. The van der Waals surface area contributed by atoms with E-state index in [0.29, 0.717) is 0 Å². The molecule has 12 aromatic rings. The largest absolute Gasteiger partial charge is 0.310 e. The lowest BCUT2D eigenvalue weighted by Crippen LogP contribution is -2.10. The molecule has 0 N–H and O–H groups in total. The van der Waals surface area contributed by atoms with Crippen molar-refractivity contribution < 1.29 is 0 Å². The first-order valence-electron chi connectivity index (χ1n) is 22.0. The normalized spacial score (nSPS) is 11.4. The van der Waals surface area contributed by atoms with E-state index in [4.69, 9.17) is 0 Å². The van der Waals surface area contributed by atoms with Crippen molar-refractivity contribution in [2.45, 2.75) is 0 Å². The molecule has 0 aliphatic carbocycles. The van der Waals surface area contributed by atoms with Gasteiger partial charge in [-0.2, -0.15) is 0 Å². The van der Waals surface area contributed by atoms with Crippen molar-refractivity contribution in [3.8, 4) is 50.2 Å². The molecule has 2 heteroatoms. The van der Waals surface area contributed by atoms with Crippen LogP contribution in [0, 0.1) is 0 Å². The maximum Gasteiger partial charge on any atom is 0.0625 e. The quantitative estimate of drug-likeness (QED) is 0.139. The Labute approximate surface area is 373 Å². The van der Waals surface area contributed by atoms with Crippen LogP contribution < -0.4 is 4.90 Å². The molecule has 0 fully saturated rings. The van der Waals surface area contributed by atoms with Crippen LogP contribution in [0.5, 0.6) is 0 Å². The Bertz CT molecular complexity index is 3620. The number of anilines is 3. The molecule has 64 heavy (non-hydrogen) atoms. The molecule has 2 nitrogen and oxygen atoms in total. The monoisotopic (exact) mass is 814 g/mol. The molecule has 0 spiro atoms. The van der Waals surface area contributed by atoms with E-state index in [0.717, 1.165) is 33.9 Å². The number of nitrogens with zero attached hydrogens (tertiary/aromatic N) is 2. The zero-order valence-electron chi connectivity index (χ0n) is 35.1. The first kappa shape index (κ1) is 37.3. The fraction of sp³-hybridized carbons (Fsp3) is 0. The molecule has 0 atom stereocenters. The van der Waals surface area contributed by atoms with Gasteiger partial charge in [0.05, 0.1) is 11.0 Å². The minimum Gasteiger partial charge on any atom is -0.310 e. The summed E-state index contributed by atoms with van der Waals surface area (Å²) in [6.07, 6.45) is 0. The van der Waals surface area contributed by atoms with Crippen LogP contribution in [0.3, 0.4) is 0 Å². The van der Waals surface area contributed by atoms with Crippen molar-refractivity contribution in [1.29, 1.82) is 0 Å². The van der Waals surface area contributed by atoms with Gasteiger partial charge in [0.25, 0.3) is 0 Å². The van der Waals surface area contributed by atoms with Gasteiger partial charge in [-0.05, 0) is 115 Å². The number of fused-ring (bicyclic) bond motifs is 8. The predicted octanol–water partition coefficient (Wildman–Crippen LogP) is 17.2. The van der Waals surface area contributed by atoms with Gasteiger partial charge in [-0.3, -0.25) is 0 Å². The molecule has 1 aromatic heterocycles. The number of hydrogen-bond donors (Lipinski definition) is 0. The van der Waals surface area contributed by atoms with Crippen LogP contribution >= 0.6 is 0 Å². The minimum atomic E-state index is 1.09. The Balaban J connectivity index is 0.950. The third-order valence-electron chi connectivity index (χ3n) is 12.8. The second-order valence-corrected chi connectivity index (χ2v) is 16.5. The molecule has 12 rings (SSSR count). The Morgan fingerprint density at radius 1 is 0.266 bits per heavy atom. The number of hydrogen-bond acceptors (Lipinski definition) is 1. The van der Waals surface area contributed by atoms with E-state index in [2.05, 4.69) is 264 Å². The van der Waals surface area contributed by atoms with Gasteiger partial charge in [0.15, 0.2) is 0 Å². The number of rotatable bonds is 8. The first-order valence-corrected chi connectivity index (χ1v) is 22.0. The molecule has 0 saturated carbocycles. The highest BCUT2D eigenvalue weighted by Gasteiger charge is 2.19. The lowest BCUT2D eigenvalue weighted by Gasteiger charge is -2.26. The van der Waals surface area contributed by atoms with Crippen LogP contribution in [0.25, 0.3) is 93.5 Å². The molecule has 0 unspecified atom stereocenters. The van der Waals surface area contributed by atoms with Crippen molar-refractivity contribution in [2.75, 3.05) is 4.90 Å². The van der Waals surface area contributed by atoms with Crippen LogP contribution in [0.1, 0.15) is 0 Å². The molecule has 0 aliphatic rings. The Hall–Kier alpha value is -8.46. The highest BCUT2D eigenvalue weighted by molar-refractivity contribution is 6.32. The summed E-state index contributed by atoms with van der Waals surface area (Å²) < 4.78 is 2.46. The van der Waals surface area contributed by atoms with Crippen molar-refractivity contribution in [1.82, 2.24) is 4.57 Å². The van der Waals surface area contributed by atoms with Crippen molar-refractivity contribution >= 4 is 60.4 Å². The third-order valence-corrected chi connectivity index (χ3v) is 12.8. The summed E-state index contributed by atoms with van der Waals surface area (Å²) in [7, 11) is 0. The second-order valence-electron chi connectivity index (χ2n) is 16.5. The summed E-state index contributed by atoms with van der Waals surface area (Å²) in [5, 5.41) is 7.66. The first-order chi connectivity index (χ1) is 31.8. The van der Waals surface area contributed by atoms with E-state index >= 15 is 0 Å². The van der Waals surface area contributed by atoms with Gasteiger partial charge in [-0.1, -0.05) is 200 Å². The average Bonchev–Trinajstić information content (AvgIpc) is 3.73. The summed E-state index contributed by atoms with van der Waals surface area (Å²) in [5.41, 5.74) is 16.4. The number of aromatic nitrogens is 1. The van der Waals surface area contributed by atoms with Crippen molar-refractivity contribution in [3.05, 3.63) is 255 Å². The van der Waals surface area contributed by atoms with E-state index < -0.39 is 0 Å². The number of para-hydroxylation sites is 1. The summed E-state index contributed by atoms with van der Waals surface area (Å²) in [4.78, 5) is 2.37. The van der Waals surface area contributed by atoms with Gasteiger partial charge < -0.3 is 9.47 Å². The molecule has 300 valence electrons. The van der Waals surface area contributed by atoms with Crippen LogP contribution in [0.4, 0.5) is 17.1 Å². The molecule has 0 aliphatic heterocycles. The van der Waals surface area contributed by atoms with Gasteiger partial charge >= 0.3 is 0 Å². The van der Waals surface area contributed by atoms with Crippen molar-refractivity contribution in [2.24, 2.45) is 0 Å². The predicted molar refractivity (Wildman–Crippen MR) is 272 cm³/mol. The lowest BCUT2D eigenvalue weighted by atomic mass is 9.94. The summed E-state index contributed by atoms with van der Waals surface area (Å²) in [6, 6.07) is 92.4. The Morgan fingerprint density at radius 3 is 1.36 bits per heavy atom.